The zero-order valence-electron chi connectivity index (χ0n) is 8.73. The summed E-state index contributed by atoms with van der Waals surface area (Å²) in [6.07, 6.45) is 0. The molecule has 0 saturated carbocycles. The molecule has 0 aliphatic carbocycles. The third-order valence-corrected chi connectivity index (χ3v) is 7.46. The zero-order valence-corrected chi connectivity index (χ0v) is 15.2. The first-order chi connectivity index (χ1) is 8.08. The maximum atomic E-state index is 6.03. The van der Waals surface area contributed by atoms with Gasteiger partial charge in [-0.3, -0.25) is 0 Å². The topological polar surface area (TPSA) is 114 Å². The van der Waals surface area contributed by atoms with Crippen LogP contribution in [0.3, 0.4) is 0 Å². The van der Waals surface area contributed by atoms with E-state index >= 15 is 0 Å². The predicted octanol–water partition coefficient (Wildman–Crippen LogP) is -1.19. The van der Waals surface area contributed by atoms with Crippen molar-refractivity contribution in [3.63, 3.8) is 0 Å². The number of nitrogens with zero attached hydrogens (tertiary/aromatic N) is 1. The quantitative estimate of drug-likeness (QED) is 0.0760. The summed E-state index contributed by atoms with van der Waals surface area (Å²) in [6, 6.07) is 0. The molecule has 0 unspecified atom stereocenters. The third kappa shape index (κ3) is 3.11. The Morgan fingerprint density at radius 2 is 1.88 bits per heavy atom. The summed E-state index contributed by atoms with van der Waals surface area (Å²) in [7, 11) is 0. The van der Waals surface area contributed by atoms with Crippen LogP contribution < -0.4 is 43.8 Å². The Morgan fingerprint density at radius 1 is 1.29 bits per heavy atom. The third-order valence-electron chi connectivity index (χ3n) is 1.97. The summed E-state index contributed by atoms with van der Waals surface area (Å²) in [5, 5.41) is 0. The second kappa shape index (κ2) is 6.89. The summed E-state index contributed by atoms with van der Waals surface area (Å²) in [5.41, 5.74) is 17.4. The normalized spacial score (nSPS) is 10.2. The van der Waals surface area contributed by atoms with Crippen molar-refractivity contribution in [2.75, 3.05) is 20.4 Å². The Morgan fingerprint density at radius 3 is 2.35 bits per heavy atom. The number of nitrogen functional groups attached to an aromatic ring is 3. The van der Waals surface area contributed by atoms with E-state index in [1.165, 1.54) is 0 Å². The van der Waals surface area contributed by atoms with Gasteiger partial charge in [0.1, 0.15) is 0 Å². The van der Waals surface area contributed by atoms with Gasteiger partial charge in [0.05, 0.1) is 0 Å². The molecule has 0 atom stereocenters. The molecule has 0 fully saturated rings. The molecule has 0 heterocycles. The number of benzene rings is 1. The van der Waals surface area contributed by atoms with Crippen LogP contribution in [0.2, 0.25) is 0 Å². The fourth-order valence-corrected chi connectivity index (χ4v) is 4.97. The van der Waals surface area contributed by atoms with Crippen LogP contribution in [0.15, 0.2) is 4.99 Å². The van der Waals surface area contributed by atoms with E-state index in [9.17, 15) is 0 Å². The maximum absolute atomic E-state index is 6.03. The zero-order chi connectivity index (χ0) is 13.0. The van der Waals surface area contributed by atoms with E-state index in [1.54, 1.807) is 0 Å². The molecule has 0 radical (unpaired) electrons. The second-order valence-corrected chi connectivity index (χ2v) is 12.0. The first-order valence-corrected chi connectivity index (χ1v) is 14.2. The second-order valence-electron chi connectivity index (χ2n) is 2.81. The van der Waals surface area contributed by atoms with Gasteiger partial charge in [-0.05, 0) is 0 Å². The number of aliphatic imine (C=N–C) groups is 1. The molecule has 0 aliphatic rings. The Kier molecular flexibility index (Phi) is 6.14. The van der Waals surface area contributed by atoms with Crippen LogP contribution in [0, 0.1) is 3.57 Å². The first-order valence-electron chi connectivity index (χ1n) is 4.19. The Balaban J connectivity index is 3.49. The van der Waals surface area contributed by atoms with E-state index in [0.29, 0.717) is 22.7 Å². The number of nitrogens with one attached hydrogen (secondary N) is 2. The number of hydrogen-bond acceptors (Lipinski definition) is 6. The Bertz CT molecular complexity index is 461. The molecule has 6 nitrogen and oxygen atoms in total. The molecule has 0 aliphatic heterocycles. The van der Waals surface area contributed by atoms with Crippen molar-refractivity contribution in [3.8, 4) is 0 Å². The number of nitrogens with two attached hydrogens (primary N) is 3. The molecule has 0 saturated heterocycles. The number of rotatable bonds is 5. The Hall–Kier alpha value is 0.110. The molecule has 1 aromatic rings. The van der Waals surface area contributed by atoms with Crippen LogP contribution in [-0.4, -0.2) is 11.2 Å². The molecule has 96 valence electrons. The molecule has 8 N–H and O–H groups in total. The van der Waals surface area contributed by atoms with Gasteiger partial charge in [-0.2, -0.15) is 0 Å². The fourth-order valence-electron chi connectivity index (χ4n) is 1.21. The van der Waals surface area contributed by atoms with Crippen LogP contribution in [-0.2, 0) is 0 Å². The molecule has 0 aromatic heterocycles. The van der Waals surface area contributed by atoms with Crippen molar-refractivity contribution < 1.29 is 17.5 Å². The first kappa shape index (κ1) is 15.2. The SMILES string of the molecule is C=Nc1c(NN)c(N)c(I)c(N)c1N[I-]I=C. The number of hydrazine groups is 1. The summed E-state index contributed by atoms with van der Waals surface area (Å²) >= 11 is 1.89. The van der Waals surface area contributed by atoms with Gasteiger partial charge < -0.3 is 0 Å². The van der Waals surface area contributed by atoms with Crippen molar-refractivity contribution in [2.45, 2.75) is 0 Å². The van der Waals surface area contributed by atoms with Gasteiger partial charge in [0, 0.05) is 0 Å². The molecule has 0 amide bonds. The average molecular weight is 573 g/mol. The van der Waals surface area contributed by atoms with Gasteiger partial charge >= 0.3 is 131 Å². The summed E-state index contributed by atoms with van der Waals surface area (Å²) in [4.78, 5) is 3.95. The van der Waals surface area contributed by atoms with Gasteiger partial charge in [-0.25, -0.2) is 0 Å². The van der Waals surface area contributed by atoms with E-state index < -0.39 is 0 Å². The average Bonchev–Trinajstić information content (AvgIpc) is 2.34. The number of halogens is 3. The van der Waals surface area contributed by atoms with E-state index in [-0.39, 0.29) is 34.3 Å². The van der Waals surface area contributed by atoms with Crippen molar-refractivity contribution in [1.82, 2.24) is 0 Å². The van der Waals surface area contributed by atoms with E-state index in [0.717, 1.165) is 9.26 Å². The minimum atomic E-state index is -0.163. The van der Waals surface area contributed by atoms with Crippen molar-refractivity contribution in [2.24, 2.45) is 10.8 Å². The predicted molar refractivity (Wildman–Crippen MR) is 89.8 cm³/mol. The molecule has 1 aromatic carbocycles. The van der Waals surface area contributed by atoms with Crippen LogP contribution >= 0.6 is 39.3 Å². The van der Waals surface area contributed by atoms with Crippen LogP contribution in [0.25, 0.3) is 0 Å². The molecule has 0 bridgehead atoms. The summed E-state index contributed by atoms with van der Waals surface area (Å²) in [5.74, 6) is 5.46. The van der Waals surface area contributed by atoms with Crippen LogP contribution in [0.5, 0.6) is 0 Å². The van der Waals surface area contributed by atoms with E-state index in [1.807, 2.05) is 0 Å². The van der Waals surface area contributed by atoms with Gasteiger partial charge in [-0.15, -0.1) is 0 Å². The van der Waals surface area contributed by atoms with Gasteiger partial charge in [0.15, 0.2) is 0 Å². The minimum absolute atomic E-state index is 0.0356. The van der Waals surface area contributed by atoms with Gasteiger partial charge in [0.25, 0.3) is 0 Å². The van der Waals surface area contributed by atoms with Gasteiger partial charge in [-0.1, -0.05) is 0 Å². The van der Waals surface area contributed by atoms with Crippen LogP contribution in [0.1, 0.15) is 0 Å². The molecular formula is C8H12I3N6-. The van der Waals surface area contributed by atoms with Gasteiger partial charge in [0.2, 0.25) is 0 Å². The Labute approximate surface area is 130 Å². The molecular weight excluding hydrogens is 561 g/mol. The van der Waals surface area contributed by atoms with Crippen molar-refractivity contribution in [1.29, 1.82) is 0 Å². The molecule has 17 heavy (non-hydrogen) atoms. The monoisotopic (exact) mass is 573 g/mol. The standard InChI is InChI=1S/C8H12I3N6/c1-10-11-16-6-4(12)3(9)5(13)7(17-14)8(6)15-2/h16-17H,1-2,12-14H2/q-1. The molecule has 1 rings (SSSR count). The number of hydrogen-bond donors (Lipinski definition) is 5. The van der Waals surface area contributed by atoms with E-state index in [2.05, 4.69) is 47.8 Å². The van der Waals surface area contributed by atoms with Crippen molar-refractivity contribution >= 4 is 79.0 Å². The fraction of sp³-hybridized carbons (Fsp3) is 0. The number of anilines is 4. The van der Waals surface area contributed by atoms with E-state index in [4.69, 9.17) is 17.3 Å². The molecule has 0 spiro atoms. The summed E-state index contributed by atoms with van der Waals surface area (Å²) < 4.78 is 7.98. The van der Waals surface area contributed by atoms with Crippen LogP contribution in [0.4, 0.5) is 28.4 Å². The van der Waals surface area contributed by atoms with Crippen molar-refractivity contribution in [3.05, 3.63) is 3.57 Å². The molecule has 9 heteroatoms. The summed E-state index contributed by atoms with van der Waals surface area (Å²) in [6.45, 7) is 3.53.